The monoisotopic (exact) mass is 1290 g/mol. The number of carbonyl (C=O) groups excluding carboxylic acids is 9. The highest BCUT2D eigenvalue weighted by atomic mass is 16.5. The van der Waals surface area contributed by atoms with Gasteiger partial charge >= 0.3 is 0 Å². The lowest BCUT2D eigenvalue weighted by Crippen LogP contribution is -2.45. The van der Waals surface area contributed by atoms with Crippen LogP contribution in [0.3, 0.4) is 0 Å². The Balaban J connectivity index is 3.02. The molecule has 0 saturated heterocycles. The van der Waals surface area contributed by atoms with Gasteiger partial charge in [-0.25, -0.2) is 0 Å². The number of aliphatic hydroxyl groups excluding tert-OH is 4. The van der Waals surface area contributed by atoms with Crippen molar-refractivity contribution < 1.29 is 96.7 Å². The first-order valence-corrected chi connectivity index (χ1v) is 31.0. The lowest BCUT2D eigenvalue weighted by molar-refractivity contribution is -0.131. The molecule has 0 fully saturated rings. The molecule has 0 bridgehead atoms. The van der Waals surface area contributed by atoms with Gasteiger partial charge in [-0.15, -0.1) is 0 Å². The molecule has 0 aliphatic rings. The van der Waals surface area contributed by atoms with Crippen LogP contribution in [0.15, 0.2) is 18.2 Å². The molecular formula is C60H106N10O20. The van der Waals surface area contributed by atoms with Crippen molar-refractivity contribution in [3.63, 3.8) is 0 Å². The fourth-order valence-corrected chi connectivity index (χ4v) is 7.80. The predicted molar refractivity (Wildman–Crippen MR) is 331 cm³/mol. The molecule has 0 aromatic heterocycles. The van der Waals surface area contributed by atoms with Crippen LogP contribution < -0.4 is 58.3 Å². The van der Waals surface area contributed by atoms with E-state index in [1.807, 2.05) is 0 Å². The van der Waals surface area contributed by atoms with Crippen LogP contribution in [0.4, 0.5) is 0 Å². The molecule has 2 unspecified atom stereocenters. The van der Waals surface area contributed by atoms with E-state index in [0.717, 1.165) is 12.8 Å². The van der Waals surface area contributed by atoms with Gasteiger partial charge in [-0.05, 0) is 78.1 Å². The molecule has 1 rings (SSSR count). The third kappa shape index (κ3) is 42.0. The van der Waals surface area contributed by atoms with Crippen LogP contribution in [-0.2, 0) is 62.0 Å². The van der Waals surface area contributed by atoms with E-state index < -0.39 is 46.9 Å². The van der Waals surface area contributed by atoms with Gasteiger partial charge in [0.1, 0.15) is 12.4 Å². The summed E-state index contributed by atoms with van der Waals surface area (Å²) in [6.07, 6.45) is 3.39. The van der Waals surface area contributed by atoms with Crippen LogP contribution >= 0.6 is 0 Å². The molecule has 30 nitrogen and oxygen atoms in total. The number of nitrogens with two attached hydrogens (primary N) is 1. The van der Waals surface area contributed by atoms with Crippen LogP contribution in [0.2, 0.25) is 0 Å². The van der Waals surface area contributed by atoms with Gasteiger partial charge in [-0.2, -0.15) is 0 Å². The summed E-state index contributed by atoms with van der Waals surface area (Å²) in [5.41, 5.74) is 4.12. The topological polar surface area (TPSA) is 433 Å². The molecule has 1 aromatic rings. The average molecular weight is 1290 g/mol. The Hall–Kier alpha value is -6.19. The summed E-state index contributed by atoms with van der Waals surface area (Å²) < 4.78 is 40.9. The minimum atomic E-state index is -0.837. The molecule has 9 amide bonds. The second-order valence-electron chi connectivity index (χ2n) is 22.5. The zero-order chi connectivity index (χ0) is 67.0. The van der Waals surface area contributed by atoms with Gasteiger partial charge in [0.25, 0.3) is 11.8 Å². The fraction of sp³-hybridized carbons (Fsp3) is 0.750. The van der Waals surface area contributed by atoms with Crippen molar-refractivity contribution in [3.8, 4) is 5.75 Å². The highest BCUT2D eigenvalue weighted by Crippen LogP contribution is 2.21. The molecule has 0 aliphatic carbocycles. The molecule has 0 saturated carbocycles. The second-order valence-corrected chi connectivity index (χ2v) is 22.5. The Morgan fingerprint density at radius 3 is 1.12 bits per heavy atom. The third-order valence-corrected chi connectivity index (χ3v) is 13.2. The Bertz CT molecular complexity index is 2060. The number of carbonyl (C=O) groups is 9. The minimum absolute atomic E-state index is 0.00431. The first-order valence-electron chi connectivity index (χ1n) is 31.0. The molecule has 2 atom stereocenters. The highest BCUT2D eigenvalue weighted by Gasteiger charge is 2.27. The second kappa shape index (κ2) is 49.5. The Kier molecular flexibility index (Phi) is 45.0. The van der Waals surface area contributed by atoms with E-state index >= 15 is 0 Å². The summed E-state index contributed by atoms with van der Waals surface area (Å²) >= 11 is 0. The van der Waals surface area contributed by atoms with Crippen molar-refractivity contribution in [2.45, 2.75) is 129 Å². The number of hydrogen-bond donors (Lipinski definition) is 14. The number of ether oxygens (including phenoxy) is 7. The molecule has 1 aromatic carbocycles. The predicted octanol–water partition coefficient (Wildman–Crippen LogP) is -2.17. The number of rotatable bonds is 55. The van der Waals surface area contributed by atoms with Crippen LogP contribution in [0.5, 0.6) is 5.75 Å². The average Bonchev–Trinajstić information content (AvgIpc) is 1.93. The maximum Gasteiger partial charge on any atom is 0.251 e. The molecule has 516 valence electrons. The maximum atomic E-state index is 13.8. The summed E-state index contributed by atoms with van der Waals surface area (Å²) in [5, 5.41) is 60.3. The fourth-order valence-electron chi connectivity index (χ4n) is 7.80. The number of nitrogens with one attached hydrogen (secondary N) is 9. The molecule has 0 spiro atoms. The number of amides is 9. The van der Waals surface area contributed by atoms with Crippen LogP contribution in [0, 0.1) is 11.8 Å². The molecule has 30 heteroatoms. The Labute approximate surface area is 529 Å². The highest BCUT2D eigenvalue weighted by molar-refractivity contribution is 6.00. The van der Waals surface area contributed by atoms with E-state index in [4.69, 9.17) is 59.3 Å². The van der Waals surface area contributed by atoms with E-state index in [-0.39, 0.29) is 229 Å². The van der Waals surface area contributed by atoms with E-state index in [1.165, 1.54) is 18.2 Å². The molecule has 15 N–H and O–H groups in total. The lowest BCUT2D eigenvalue weighted by Gasteiger charge is -2.28. The third-order valence-electron chi connectivity index (χ3n) is 13.2. The number of hydrogen-bond acceptors (Lipinski definition) is 21. The van der Waals surface area contributed by atoms with Crippen molar-refractivity contribution in [1.82, 2.24) is 47.9 Å². The largest absolute Gasteiger partial charge is 0.492 e. The Morgan fingerprint density at radius 2 is 0.778 bits per heavy atom. The van der Waals surface area contributed by atoms with E-state index in [0.29, 0.717) is 32.2 Å². The number of unbranched alkanes of at least 4 members (excludes halogenated alkanes) is 2. The van der Waals surface area contributed by atoms with E-state index in [2.05, 4.69) is 47.9 Å². The van der Waals surface area contributed by atoms with Crippen LogP contribution in [0.1, 0.15) is 126 Å². The van der Waals surface area contributed by atoms with Crippen molar-refractivity contribution >= 4 is 53.2 Å². The van der Waals surface area contributed by atoms with E-state index in [1.54, 1.807) is 41.5 Å². The number of aliphatic hydroxyl groups is 4. The SMILES string of the molecule is CC(COC(C)(C)CCNC(=O)c1cc(OCCNC(=O)CCCCCN)cc(C(=O)NCCC(C)(C)OCC(C)C(=O)NC(COCCC(=O)NCCO)COCCC(=O)NCCO)c1)C(=O)NC(COCCC(=O)NCCO)COCCC(=O)NCCO. The lowest BCUT2D eigenvalue weighted by atomic mass is 10.0. The smallest absolute Gasteiger partial charge is 0.251 e. The zero-order valence-corrected chi connectivity index (χ0v) is 53.8. The van der Waals surface area contributed by atoms with Crippen molar-refractivity contribution in [2.24, 2.45) is 17.6 Å². The van der Waals surface area contributed by atoms with Crippen molar-refractivity contribution in [3.05, 3.63) is 29.3 Å². The van der Waals surface area contributed by atoms with Crippen molar-refractivity contribution in [2.75, 3.05) is 151 Å². The molecular weight excluding hydrogens is 1180 g/mol. The van der Waals surface area contributed by atoms with Crippen molar-refractivity contribution in [1.29, 1.82) is 0 Å². The first-order chi connectivity index (χ1) is 43.0. The quantitative estimate of drug-likeness (QED) is 0.0309. The first kappa shape index (κ1) is 81.8. The van der Waals surface area contributed by atoms with E-state index in [9.17, 15) is 43.2 Å². The summed E-state index contributed by atoms with van der Waals surface area (Å²) in [7, 11) is 0. The summed E-state index contributed by atoms with van der Waals surface area (Å²) in [5.74, 6) is -4.32. The van der Waals surface area contributed by atoms with Gasteiger partial charge < -0.3 is 107 Å². The molecule has 0 radical (unpaired) electrons. The zero-order valence-electron chi connectivity index (χ0n) is 53.8. The maximum absolute atomic E-state index is 13.8. The Morgan fingerprint density at radius 1 is 0.433 bits per heavy atom. The molecule has 0 heterocycles. The van der Waals surface area contributed by atoms with Gasteiger partial charge in [0, 0.05) is 82.5 Å². The van der Waals surface area contributed by atoms with Gasteiger partial charge in [-0.1, -0.05) is 20.3 Å². The van der Waals surface area contributed by atoms with Gasteiger partial charge in [0.15, 0.2) is 0 Å². The standard InChI is InChI=1S/C60H106N10O20/c1-43(55(80)69-47(39-84-29-11-51(76)62-20-25-71)40-85-30-12-52(77)63-21-26-72)37-89-59(3,4)15-18-67-57(82)45-34-46(36-49(35-45)88-33-24-66-50(75)10-8-7-9-17-61)58(83)68-19-16-60(5,6)90-38-44(2)56(81)70-48(41-86-31-13-53(78)64-22-27-73)42-87-32-14-54(79)65-23-28-74/h34-36,43-44,47-48,71-74H,7-33,37-42,61H2,1-6H3,(H,62,76)(H,63,77)(H,64,78)(H,65,79)(H,66,75)(H,67,82)(H,68,83)(H,69,80)(H,70,81). The summed E-state index contributed by atoms with van der Waals surface area (Å²) in [4.78, 5) is 115. The molecule has 90 heavy (non-hydrogen) atoms. The van der Waals surface area contributed by atoms with Crippen LogP contribution in [-0.4, -0.2) is 248 Å². The normalized spacial score (nSPS) is 12.2. The minimum Gasteiger partial charge on any atom is -0.492 e. The number of benzene rings is 1. The van der Waals surface area contributed by atoms with Gasteiger partial charge in [-0.3, -0.25) is 43.2 Å². The summed E-state index contributed by atoms with van der Waals surface area (Å²) in [6.45, 7) is 11.3. The van der Waals surface area contributed by atoms with Gasteiger partial charge in [0.05, 0.1) is 134 Å². The van der Waals surface area contributed by atoms with Gasteiger partial charge in [0.2, 0.25) is 41.4 Å². The summed E-state index contributed by atoms with van der Waals surface area (Å²) in [6, 6.07) is 3.09. The van der Waals surface area contributed by atoms with Crippen LogP contribution in [0.25, 0.3) is 0 Å². The molecule has 0 aliphatic heterocycles.